The Morgan fingerprint density at radius 2 is 2.21 bits per heavy atom. The second-order valence-corrected chi connectivity index (χ2v) is 6.53. The largest absolute Gasteiger partial charge is 0.506 e. The molecular formula is C12H16N4O2S. The number of phenols is 1. The lowest BCUT2D eigenvalue weighted by atomic mass is 10.1. The lowest BCUT2D eigenvalue weighted by Gasteiger charge is -2.10. The standard InChI is InChI=1S/C12H16N4O2S/c1-16(2)8-14-11-5-9(15-19(3,4)18)6-12(17)10(11)7-13/h5-6,8,17H,3H2,1-2,4H3,(H,15,18). The Morgan fingerprint density at radius 3 is 2.68 bits per heavy atom. The van der Waals surface area contributed by atoms with E-state index < -0.39 is 9.71 Å². The fourth-order valence-corrected chi connectivity index (χ4v) is 1.93. The molecule has 19 heavy (non-hydrogen) atoms. The molecule has 7 heteroatoms. The fraction of sp³-hybridized carbons (Fsp3) is 0.250. The van der Waals surface area contributed by atoms with Crippen LogP contribution >= 0.6 is 0 Å². The highest BCUT2D eigenvalue weighted by atomic mass is 32.2. The Kier molecular flexibility index (Phi) is 4.40. The van der Waals surface area contributed by atoms with Gasteiger partial charge in [-0.15, -0.1) is 0 Å². The van der Waals surface area contributed by atoms with Gasteiger partial charge in [0.2, 0.25) is 0 Å². The third kappa shape index (κ3) is 4.52. The number of phenolic OH excluding ortho intramolecular Hbond substituents is 1. The normalized spacial score (nSPS) is 13.8. The summed E-state index contributed by atoms with van der Waals surface area (Å²) in [5, 5.41) is 18.8. The Balaban J connectivity index is 3.31. The summed E-state index contributed by atoms with van der Waals surface area (Å²) in [7, 11) is 1.10. The van der Waals surface area contributed by atoms with Gasteiger partial charge in [0.25, 0.3) is 0 Å². The van der Waals surface area contributed by atoms with E-state index in [9.17, 15) is 9.32 Å². The number of nitrogens with one attached hydrogen (secondary N) is 1. The molecule has 1 rings (SSSR count). The molecule has 2 N–H and O–H groups in total. The van der Waals surface area contributed by atoms with Crippen LogP contribution in [0, 0.1) is 11.3 Å². The van der Waals surface area contributed by atoms with Crippen molar-refractivity contribution in [2.24, 2.45) is 4.99 Å². The number of nitrogens with zero attached hydrogens (tertiary/aromatic N) is 3. The number of hydrogen-bond donors (Lipinski definition) is 2. The van der Waals surface area contributed by atoms with Gasteiger partial charge in [-0.2, -0.15) is 5.26 Å². The Labute approximate surface area is 113 Å². The van der Waals surface area contributed by atoms with Crippen LogP contribution in [-0.2, 0) is 9.71 Å². The second-order valence-electron chi connectivity index (χ2n) is 4.32. The minimum absolute atomic E-state index is 0.0651. The van der Waals surface area contributed by atoms with Crippen molar-refractivity contribution in [3.05, 3.63) is 17.7 Å². The van der Waals surface area contributed by atoms with E-state index in [1.54, 1.807) is 19.0 Å². The molecule has 0 bridgehead atoms. The van der Waals surface area contributed by atoms with Crippen molar-refractivity contribution < 1.29 is 9.32 Å². The van der Waals surface area contributed by atoms with Crippen LogP contribution in [0.3, 0.4) is 0 Å². The molecule has 0 heterocycles. The van der Waals surface area contributed by atoms with Crippen LogP contribution in [0.5, 0.6) is 5.75 Å². The van der Waals surface area contributed by atoms with E-state index in [0.29, 0.717) is 11.4 Å². The number of rotatable bonds is 4. The van der Waals surface area contributed by atoms with E-state index in [2.05, 4.69) is 15.6 Å². The summed E-state index contributed by atoms with van der Waals surface area (Å²) in [6.45, 7) is 0. The van der Waals surface area contributed by atoms with Crippen LogP contribution in [0.4, 0.5) is 11.4 Å². The van der Waals surface area contributed by atoms with Crippen molar-refractivity contribution in [3.63, 3.8) is 0 Å². The lowest BCUT2D eigenvalue weighted by molar-refractivity contribution is 0.474. The average Bonchev–Trinajstić information content (AvgIpc) is 2.23. The number of anilines is 1. The lowest BCUT2D eigenvalue weighted by Crippen LogP contribution is -2.09. The molecule has 0 fully saturated rings. The Bertz CT molecular complexity index is 642. The molecular weight excluding hydrogens is 264 g/mol. The molecule has 0 aliphatic carbocycles. The third-order valence-electron chi connectivity index (χ3n) is 1.97. The maximum Gasteiger partial charge on any atom is 0.137 e. The van der Waals surface area contributed by atoms with Gasteiger partial charge in [-0.1, -0.05) is 0 Å². The monoisotopic (exact) mass is 280 g/mol. The minimum atomic E-state index is -2.47. The van der Waals surface area contributed by atoms with Crippen molar-refractivity contribution in [1.82, 2.24) is 4.90 Å². The SMILES string of the molecule is C=S(C)(=O)Nc1cc(O)c(C#N)c(N=CN(C)C)c1. The van der Waals surface area contributed by atoms with Gasteiger partial charge in [-0.3, -0.25) is 0 Å². The third-order valence-corrected chi connectivity index (χ3v) is 2.64. The maximum atomic E-state index is 11.6. The highest BCUT2D eigenvalue weighted by molar-refractivity contribution is 8.00. The summed E-state index contributed by atoms with van der Waals surface area (Å²) in [6.07, 6.45) is 2.94. The Hall–Kier alpha value is -2.20. The molecule has 0 saturated heterocycles. The van der Waals surface area contributed by atoms with Crippen LogP contribution in [0.25, 0.3) is 0 Å². The molecule has 0 aliphatic heterocycles. The zero-order chi connectivity index (χ0) is 14.6. The Morgan fingerprint density at radius 1 is 1.58 bits per heavy atom. The zero-order valence-corrected chi connectivity index (χ0v) is 11.9. The van der Waals surface area contributed by atoms with Crippen LogP contribution in [0.1, 0.15) is 5.56 Å². The predicted octanol–water partition coefficient (Wildman–Crippen LogP) is 1.16. The first kappa shape index (κ1) is 14.9. The van der Waals surface area contributed by atoms with E-state index in [-0.39, 0.29) is 11.3 Å². The summed E-state index contributed by atoms with van der Waals surface area (Å²) in [5.74, 6) is 3.24. The molecule has 0 spiro atoms. The highest BCUT2D eigenvalue weighted by Crippen LogP contribution is 2.31. The van der Waals surface area contributed by atoms with Crippen LogP contribution in [-0.4, -0.2) is 46.8 Å². The van der Waals surface area contributed by atoms with E-state index in [0.717, 1.165) is 0 Å². The highest BCUT2D eigenvalue weighted by Gasteiger charge is 2.10. The van der Waals surface area contributed by atoms with Crippen LogP contribution in [0.15, 0.2) is 17.1 Å². The number of nitriles is 1. The van der Waals surface area contributed by atoms with Gasteiger partial charge < -0.3 is 14.7 Å². The smallest absolute Gasteiger partial charge is 0.137 e. The molecule has 0 radical (unpaired) electrons. The number of hydrogen-bond acceptors (Lipinski definition) is 4. The molecule has 0 saturated carbocycles. The average molecular weight is 280 g/mol. The fourth-order valence-electron chi connectivity index (χ4n) is 1.31. The van der Waals surface area contributed by atoms with Crippen LogP contribution in [0.2, 0.25) is 0 Å². The summed E-state index contributed by atoms with van der Waals surface area (Å²) in [4.78, 5) is 5.79. The molecule has 0 amide bonds. The minimum Gasteiger partial charge on any atom is -0.506 e. The molecule has 0 aliphatic rings. The topological polar surface area (TPSA) is 88.7 Å². The molecule has 0 aromatic heterocycles. The van der Waals surface area contributed by atoms with Crippen molar-refractivity contribution in [2.45, 2.75) is 0 Å². The van der Waals surface area contributed by atoms with Gasteiger partial charge in [-0.05, 0) is 11.9 Å². The molecule has 6 nitrogen and oxygen atoms in total. The molecule has 1 aromatic carbocycles. The quantitative estimate of drug-likeness (QED) is 0.492. The molecule has 1 aromatic rings. The summed E-state index contributed by atoms with van der Waals surface area (Å²) >= 11 is 0. The van der Waals surface area contributed by atoms with Gasteiger partial charge in [0, 0.05) is 36.1 Å². The van der Waals surface area contributed by atoms with Gasteiger partial charge in [0.05, 0.1) is 17.7 Å². The van der Waals surface area contributed by atoms with Crippen LogP contribution < -0.4 is 4.72 Å². The first-order valence-electron chi connectivity index (χ1n) is 5.30. The van der Waals surface area contributed by atoms with Gasteiger partial charge in [0.1, 0.15) is 17.4 Å². The molecule has 1 atom stereocenters. The zero-order valence-electron chi connectivity index (χ0n) is 11.0. The summed E-state index contributed by atoms with van der Waals surface area (Å²) in [6, 6.07) is 4.74. The van der Waals surface area contributed by atoms with E-state index in [1.807, 2.05) is 6.07 Å². The number of aromatic hydroxyl groups is 1. The van der Waals surface area contributed by atoms with E-state index >= 15 is 0 Å². The second kappa shape index (κ2) is 5.63. The first-order chi connectivity index (χ1) is 8.73. The summed E-state index contributed by atoms with van der Waals surface area (Å²) < 4.78 is 14.2. The molecule has 102 valence electrons. The predicted molar refractivity (Wildman–Crippen MR) is 79.5 cm³/mol. The van der Waals surface area contributed by atoms with Crippen molar-refractivity contribution in [2.75, 3.05) is 25.1 Å². The number of benzene rings is 1. The van der Waals surface area contributed by atoms with Crippen molar-refractivity contribution in [1.29, 1.82) is 5.26 Å². The summed E-state index contributed by atoms with van der Waals surface area (Å²) in [5.41, 5.74) is 0.752. The number of aliphatic imine (C=N–C) groups is 1. The van der Waals surface area contributed by atoms with Crippen molar-refractivity contribution in [3.8, 4) is 11.8 Å². The van der Waals surface area contributed by atoms with E-state index in [1.165, 1.54) is 24.7 Å². The van der Waals surface area contributed by atoms with Gasteiger partial charge in [0.15, 0.2) is 0 Å². The maximum absolute atomic E-state index is 11.6. The van der Waals surface area contributed by atoms with Gasteiger partial charge >= 0.3 is 0 Å². The van der Waals surface area contributed by atoms with Gasteiger partial charge in [-0.25, -0.2) is 9.20 Å². The molecule has 1 unspecified atom stereocenters. The van der Waals surface area contributed by atoms with E-state index in [4.69, 9.17) is 5.26 Å². The van der Waals surface area contributed by atoms with Crippen molar-refractivity contribution >= 4 is 33.3 Å². The first-order valence-corrected chi connectivity index (χ1v) is 7.44.